The molecule has 0 atom stereocenters. The molecule has 0 aliphatic carbocycles. The summed E-state index contributed by atoms with van der Waals surface area (Å²) < 4.78 is 283. The van der Waals surface area contributed by atoms with E-state index in [0.29, 0.717) is 0 Å². The summed E-state index contributed by atoms with van der Waals surface area (Å²) in [7, 11) is 0. The minimum atomic E-state index is -7.35. The van der Waals surface area contributed by atoms with Crippen molar-refractivity contribution in [3.05, 3.63) is 104 Å². The van der Waals surface area contributed by atoms with Crippen molar-refractivity contribution in [3.63, 3.8) is 0 Å². The summed E-state index contributed by atoms with van der Waals surface area (Å²) in [6, 6.07) is -7.23. The molecular formula is C21HF20N. The molecule has 0 aliphatic heterocycles. The third-order valence-corrected chi connectivity index (χ3v) is 5.45. The van der Waals surface area contributed by atoms with Crippen LogP contribution in [-0.4, -0.2) is 12.2 Å². The monoisotopic (exact) mass is 647 g/mol. The van der Waals surface area contributed by atoms with E-state index in [2.05, 4.69) is 0 Å². The van der Waals surface area contributed by atoms with Gasteiger partial charge in [0.15, 0.2) is 69.8 Å². The van der Waals surface area contributed by atoms with Crippen molar-refractivity contribution < 1.29 is 87.8 Å². The van der Waals surface area contributed by atoms with Crippen LogP contribution >= 0.6 is 0 Å². The van der Waals surface area contributed by atoms with Crippen molar-refractivity contribution >= 4 is 0 Å². The molecule has 0 saturated heterocycles. The van der Waals surface area contributed by atoms with Crippen molar-refractivity contribution in [1.82, 2.24) is 5.32 Å². The van der Waals surface area contributed by atoms with Gasteiger partial charge in [0.05, 0.1) is 16.7 Å². The number of hydrogen-bond donors (Lipinski definition) is 1. The predicted octanol–water partition coefficient (Wildman–Crippen LogP) is 7.81. The number of hydrogen-bond acceptors (Lipinski definition) is 1. The lowest BCUT2D eigenvalue weighted by molar-refractivity contribution is -0.301. The third-order valence-electron chi connectivity index (χ3n) is 5.45. The molecule has 1 N–H and O–H groups in total. The Morgan fingerprint density at radius 2 is 0.452 bits per heavy atom. The van der Waals surface area contributed by atoms with Gasteiger partial charge in [-0.1, -0.05) is 0 Å². The molecule has 1 nitrogen and oxygen atoms in total. The minimum absolute atomic E-state index is 0.703. The van der Waals surface area contributed by atoms with E-state index in [9.17, 15) is 87.8 Å². The van der Waals surface area contributed by atoms with E-state index in [4.69, 9.17) is 0 Å². The highest BCUT2D eigenvalue weighted by Crippen LogP contribution is 2.50. The van der Waals surface area contributed by atoms with E-state index in [0.717, 1.165) is 0 Å². The van der Waals surface area contributed by atoms with Crippen LogP contribution in [0.15, 0.2) is 0 Å². The first-order chi connectivity index (χ1) is 19.0. The van der Waals surface area contributed by atoms with Crippen molar-refractivity contribution in [2.45, 2.75) is 17.8 Å². The normalized spacial score (nSPS) is 12.9. The Morgan fingerprint density at radius 1 is 0.286 bits per heavy atom. The zero-order chi connectivity index (χ0) is 32.6. The van der Waals surface area contributed by atoms with Crippen LogP contribution in [0.3, 0.4) is 0 Å². The molecule has 0 radical (unpaired) electrons. The summed E-state index contributed by atoms with van der Waals surface area (Å²) in [5, 5.41) is -0.703. The Bertz CT molecular complexity index is 1370. The lowest BCUT2D eigenvalue weighted by atomic mass is 9.74. The van der Waals surface area contributed by atoms with Crippen LogP contribution in [0.1, 0.15) is 16.7 Å². The fourth-order valence-corrected chi connectivity index (χ4v) is 3.67. The molecule has 0 bridgehead atoms. The Hall–Kier alpha value is -3.78. The van der Waals surface area contributed by atoms with Crippen LogP contribution in [0.2, 0.25) is 0 Å². The van der Waals surface area contributed by atoms with Gasteiger partial charge in [-0.2, -0.15) is 22.0 Å². The molecule has 0 spiro atoms. The molecule has 0 fully saturated rings. The van der Waals surface area contributed by atoms with Crippen LogP contribution in [0.4, 0.5) is 87.8 Å². The second-order valence-corrected chi connectivity index (χ2v) is 7.78. The first-order valence-electron chi connectivity index (χ1n) is 9.78. The van der Waals surface area contributed by atoms with Gasteiger partial charge in [-0.05, 0) is 0 Å². The van der Waals surface area contributed by atoms with Crippen molar-refractivity contribution in [2.24, 2.45) is 0 Å². The lowest BCUT2D eigenvalue weighted by Crippen LogP contribution is -2.61. The average Bonchev–Trinajstić information content (AvgIpc) is 2.90. The first-order valence-corrected chi connectivity index (χ1v) is 9.78. The second kappa shape index (κ2) is 10.2. The summed E-state index contributed by atoms with van der Waals surface area (Å²) in [6.45, 7) is 0. The molecular weight excluding hydrogens is 646 g/mol. The summed E-state index contributed by atoms with van der Waals surface area (Å²) >= 11 is 0. The van der Waals surface area contributed by atoms with Crippen molar-refractivity contribution in [3.8, 4) is 0 Å². The molecule has 0 aliphatic rings. The van der Waals surface area contributed by atoms with Crippen molar-refractivity contribution in [1.29, 1.82) is 0 Å². The number of halogens is 20. The molecule has 0 heterocycles. The lowest BCUT2D eigenvalue weighted by Gasteiger charge is -2.40. The molecule has 3 aromatic carbocycles. The number of alkyl halides is 5. The van der Waals surface area contributed by atoms with Gasteiger partial charge in [-0.3, -0.25) is 0 Å². The second-order valence-electron chi connectivity index (χ2n) is 7.78. The maximum atomic E-state index is 14.9. The highest BCUT2D eigenvalue weighted by atomic mass is 19.4. The van der Waals surface area contributed by atoms with E-state index < -0.39 is 127 Å². The topological polar surface area (TPSA) is 12.0 Å². The summed E-state index contributed by atoms with van der Waals surface area (Å²) in [5.41, 5.74) is -17.5. The van der Waals surface area contributed by atoms with E-state index >= 15 is 0 Å². The highest BCUT2D eigenvalue weighted by Gasteiger charge is 2.65. The van der Waals surface area contributed by atoms with Crippen LogP contribution in [-0.2, 0) is 5.54 Å². The van der Waals surface area contributed by atoms with Gasteiger partial charge in [0.2, 0.25) is 17.5 Å². The highest BCUT2D eigenvalue weighted by molar-refractivity contribution is 5.54. The van der Waals surface area contributed by atoms with Crippen LogP contribution < -0.4 is 5.32 Å². The summed E-state index contributed by atoms with van der Waals surface area (Å²) in [6.07, 6.45) is -7.35. The molecule has 3 aromatic rings. The SMILES string of the molecule is Fc1c(F)c(F)c(C(NC(F)(F)C(F)(F)F)(c2c(F)c(F)c(F)c(F)c2F)c2c(F)c(F)c(F)c(F)c2F)c(F)c1F. The Balaban J connectivity index is 2.96. The fraction of sp³-hybridized carbons (Fsp3) is 0.143. The molecule has 42 heavy (non-hydrogen) atoms. The smallest absolute Gasteiger partial charge is 0.232 e. The molecule has 0 aromatic heterocycles. The van der Waals surface area contributed by atoms with E-state index in [1.165, 1.54) is 0 Å². The molecule has 0 saturated carbocycles. The van der Waals surface area contributed by atoms with E-state index in [1.54, 1.807) is 0 Å². The largest absolute Gasteiger partial charge is 0.469 e. The van der Waals surface area contributed by atoms with Crippen LogP contribution in [0.25, 0.3) is 0 Å². The van der Waals surface area contributed by atoms with Gasteiger partial charge in [-0.15, -0.1) is 0 Å². The van der Waals surface area contributed by atoms with Gasteiger partial charge in [0.1, 0.15) is 5.54 Å². The zero-order valence-electron chi connectivity index (χ0n) is 18.6. The predicted molar refractivity (Wildman–Crippen MR) is 92.7 cm³/mol. The quantitative estimate of drug-likeness (QED) is 0.0981. The maximum Gasteiger partial charge on any atom is 0.469 e. The fourth-order valence-electron chi connectivity index (χ4n) is 3.67. The maximum absolute atomic E-state index is 14.9. The summed E-state index contributed by atoms with van der Waals surface area (Å²) in [4.78, 5) is 0. The molecule has 230 valence electrons. The van der Waals surface area contributed by atoms with E-state index in [-0.39, 0.29) is 0 Å². The third kappa shape index (κ3) is 4.39. The zero-order valence-corrected chi connectivity index (χ0v) is 18.6. The van der Waals surface area contributed by atoms with Crippen LogP contribution in [0.5, 0.6) is 0 Å². The van der Waals surface area contributed by atoms with Gasteiger partial charge in [0, 0.05) is 0 Å². The Kier molecular flexibility index (Phi) is 7.94. The molecule has 0 unspecified atom stereocenters. The van der Waals surface area contributed by atoms with Gasteiger partial charge < -0.3 is 0 Å². The molecule has 21 heteroatoms. The molecule has 0 amide bonds. The van der Waals surface area contributed by atoms with Crippen molar-refractivity contribution in [2.75, 3.05) is 0 Å². The van der Waals surface area contributed by atoms with Gasteiger partial charge >= 0.3 is 12.2 Å². The standard InChI is InChI=1S/C21HF20N/c22-4-1(5(23)11(29)16(34)10(4)28)19(42-21(40,41)20(37,38)39,2-6(24)12(30)17(35)13(31)7(2)25)3-8(26)14(32)18(36)15(33)9(3)27/h42H. The summed E-state index contributed by atoms with van der Waals surface area (Å²) in [5.74, 6) is -54.4. The van der Waals surface area contributed by atoms with Gasteiger partial charge in [0.25, 0.3) is 0 Å². The average molecular weight is 647 g/mol. The number of benzene rings is 3. The minimum Gasteiger partial charge on any atom is -0.232 e. The Labute approximate surface area is 216 Å². The Morgan fingerprint density at radius 3 is 0.619 bits per heavy atom. The first kappa shape index (κ1) is 32.7. The number of nitrogens with one attached hydrogen (secondary N) is 1. The van der Waals surface area contributed by atoms with Gasteiger partial charge in [-0.25, -0.2) is 71.2 Å². The molecule has 3 rings (SSSR count). The van der Waals surface area contributed by atoms with Crippen LogP contribution in [0, 0.1) is 87.3 Å². The van der Waals surface area contributed by atoms with E-state index in [1.807, 2.05) is 0 Å². The number of rotatable bonds is 5.